The van der Waals surface area contributed by atoms with Gasteiger partial charge < -0.3 is 14.4 Å². The van der Waals surface area contributed by atoms with Gasteiger partial charge in [-0.05, 0) is 5.92 Å². The van der Waals surface area contributed by atoms with E-state index in [9.17, 15) is 4.79 Å². The molecule has 4 fully saturated rings. The van der Waals surface area contributed by atoms with E-state index < -0.39 is 5.79 Å². The molecule has 84 valence electrons. The Morgan fingerprint density at radius 2 is 2.44 bits per heavy atom. The molecule has 0 bridgehead atoms. The van der Waals surface area contributed by atoms with Gasteiger partial charge >= 0.3 is 0 Å². The van der Waals surface area contributed by atoms with Crippen LogP contribution in [0.15, 0.2) is 4.99 Å². The van der Waals surface area contributed by atoms with Crippen LogP contribution in [-0.4, -0.2) is 41.3 Å². The Morgan fingerprint density at radius 3 is 3.31 bits per heavy atom. The van der Waals surface area contributed by atoms with Crippen molar-refractivity contribution in [3.8, 4) is 0 Å². The standard InChI is InChI=1S/C11H12N2O3/c1-4-6-7-9-11(7,15-8(4)6)16-10-12-5(14)2-3-13(9)10/h4,6-9H,2-3H2,1H3/t4?,6?,7?,8-,9?,11-/m0/s1. The molecule has 1 amide bonds. The molecule has 0 aromatic rings. The molecule has 3 aliphatic heterocycles. The maximum atomic E-state index is 11.2. The lowest BCUT2D eigenvalue weighted by molar-refractivity contribution is -0.119. The van der Waals surface area contributed by atoms with E-state index in [1.165, 1.54) is 0 Å². The van der Waals surface area contributed by atoms with Crippen LogP contribution in [0.5, 0.6) is 0 Å². The predicted molar refractivity (Wildman–Crippen MR) is 52.4 cm³/mol. The van der Waals surface area contributed by atoms with Gasteiger partial charge in [-0.1, -0.05) is 6.92 Å². The summed E-state index contributed by atoms with van der Waals surface area (Å²) in [6.07, 6.45) is 0.911. The molecule has 5 nitrogen and oxygen atoms in total. The van der Waals surface area contributed by atoms with Gasteiger partial charge in [-0.2, -0.15) is 4.99 Å². The lowest BCUT2D eigenvalue weighted by atomic mass is 10.2. The highest BCUT2D eigenvalue weighted by Gasteiger charge is 2.89. The fraction of sp³-hybridized carbons (Fsp3) is 0.818. The predicted octanol–water partition coefficient (Wildman–Crippen LogP) is -0.0357. The molecule has 6 atom stereocenters. The van der Waals surface area contributed by atoms with Gasteiger partial charge in [-0.25, -0.2) is 0 Å². The molecule has 5 rings (SSSR count). The largest absolute Gasteiger partial charge is 0.429 e. The SMILES string of the molecule is CC1C2C3C4N5CCC(=O)N=C5O[C@@]34O[C@@H]12. The molecular formula is C11H12N2O3. The zero-order chi connectivity index (χ0) is 10.7. The Kier molecular flexibility index (Phi) is 1.01. The number of hydrogen-bond donors (Lipinski definition) is 0. The van der Waals surface area contributed by atoms with Crippen molar-refractivity contribution >= 4 is 11.9 Å². The third-order valence-corrected chi connectivity index (χ3v) is 4.83. The van der Waals surface area contributed by atoms with E-state index in [0.717, 1.165) is 6.54 Å². The van der Waals surface area contributed by atoms with Gasteiger partial charge in [0.1, 0.15) is 6.04 Å². The number of nitrogens with zero attached hydrogens (tertiary/aromatic N) is 2. The average Bonchev–Trinajstić information content (AvgIpc) is 2.96. The Morgan fingerprint density at radius 1 is 1.56 bits per heavy atom. The van der Waals surface area contributed by atoms with Crippen LogP contribution in [0.2, 0.25) is 0 Å². The molecule has 16 heavy (non-hydrogen) atoms. The first-order valence-corrected chi connectivity index (χ1v) is 5.97. The molecular weight excluding hydrogens is 208 g/mol. The summed E-state index contributed by atoms with van der Waals surface area (Å²) in [5.41, 5.74) is 0. The molecule has 4 unspecified atom stereocenters. The molecule has 5 aliphatic rings. The minimum absolute atomic E-state index is 0.0722. The van der Waals surface area contributed by atoms with E-state index in [1.54, 1.807) is 0 Å². The average molecular weight is 220 g/mol. The minimum atomic E-state index is -0.411. The molecule has 0 aromatic carbocycles. The van der Waals surface area contributed by atoms with Gasteiger partial charge in [0.05, 0.1) is 12.0 Å². The van der Waals surface area contributed by atoms with Crippen LogP contribution in [0.1, 0.15) is 13.3 Å². The number of aliphatic imine (C=N–C) groups is 1. The van der Waals surface area contributed by atoms with Crippen LogP contribution in [0.4, 0.5) is 0 Å². The summed E-state index contributed by atoms with van der Waals surface area (Å²) in [7, 11) is 0. The molecule has 5 heteroatoms. The molecule has 1 spiro atoms. The van der Waals surface area contributed by atoms with Crippen molar-refractivity contribution in [3.05, 3.63) is 0 Å². The second-order valence-corrected chi connectivity index (χ2v) is 5.54. The van der Waals surface area contributed by atoms with Crippen LogP contribution in [0, 0.1) is 17.8 Å². The molecule has 0 N–H and O–H groups in total. The van der Waals surface area contributed by atoms with Crippen molar-refractivity contribution in [3.63, 3.8) is 0 Å². The third kappa shape index (κ3) is 0.629. The molecule has 2 saturated heterocycles. The summed E-state index contributed by atoms with van der Waals surface area (Å²) in [4.78, 5) is 17.3. The molecule has 2 aliphatic carbocycles. The van der Waals surface area contributed by atoms with Crippen molar-refractivity contribution in [2.24, 2.45) is 22.7 Å². The molecule has 3 heterocycles. The number of fused-ring (bicyclic) bond motifs is 5. The number of carbonyl (C=O) groups is 1. The van der Waals surface area contributed by atoms with E-state index in [4.69, 9.17) is 9.47 Å². The zero-order valence-electron chi connectivity index (χ0n) is 8.92. The monoisotopic (exact) mass is 220 g/mol. The maximum absolute atomic E-state index is 11.2. The van der Waals surface area contributed by atoms with Gasteiger partial charge in [-0.3, -0.25) is 4.79 Å². The van der Waals surface area contributed by atoms with Gasteiger partial charge in [0.2, 0.25) is 5.79 Å². The van der Waals surface area contributed by atoms with Gasteiger partial charge in [0.25, 0.3) is 11.9 Å². The Balaban J connectivity index is 1.53. The first kappa shape index (κ1) is 8.06. The van der Waals surface area contributed by atoms with Crippen LogP contribution in [0.25, 0.3) is 0 Å². The summed E-state index contributed by atoms with van der Waals surface area (Å²) in [5.74, 6) is 1.42. The molecule has 0 aromatic heterocycles. The first-order valence-electron chi connectivity index (χ1n) is 5.97. The van der Waals surface area contributed by atoms with E-state index in [1.807, 2.05) is 0 Å². The van der Waals surface area contributed by atoms with Crippen molar-refractivity contribution in [2.45, 2.75) is 31.3 Å². The van der Waals surface area contributed by atoms with Crippen LogP contribution >= 0.6 is 0 Å². The Labute approximate surface area is 92.4 Å². The highest BCUT2D eigenvalue weighted by atomic mass is 16.8. The lowest BCUT2D eigenvalue weighted by Crippen LogP contribution is -2.37. The van der Waals surface area contributed by atoms with Gasteiger partial charge in [0, 0.05) is 18.9 Å². The van der Waals surface area contributed by atoms with E-state index in [-0.39, 0.29) is 5.91 Å². The topological polar surface area (TPSA) is 51.1 Å². The third-order valence-electron chi connectivity index (χ3n) is 4.83. The summed E-state index contributed by atoms with van der Waals surface area (Å²) >= 11 is 0. The highest BCUT2D eigenvalue weighted by Crippen LogP contribution is 2.74. The summed E-state index contributed by atoms with van der Waals surface area (Å²) in [6, 6.07) is 0.844. The number of amidine groups is 1. The zero-order valence-corrected chi connectivity index (χ0v) is 8.92. The van der Waals surface area contributed by atoms with Crippen molar-refractivity contribution in [1.82, 2.24) is 4.90 Å². The number of hydrogen-bond acceptors (Lipinski definition) is 4. The number of ether oxygens (including phenoxy) is 2. The Hall–Kier alpha value is -1.10. The number of rotatable bonds is 0. The normalized spacial score (nSPS) is 59.3. The Bertz CT molecular complexity index is 462. The second kappa shape index (κ2) is 2.01. The van der Waals surface area contributed by atoms with Crippen LogP contribution in [-0.2, 0) is 14.3 Å². The van der Waals surface area contributed by atoms with Crippen molar-refractivity contribution < 1.29 is 14.3 Å². The van der Waals surface area contributed by atoms with Crippen LogP contribution < -0.4 is 0 Å². The molecule has 0 radical (unpaired) electrons. The fourth-order valence-electron chi connectivity index (χ4n) is 3.95. The number of amides is 1. The summed E-state index contributed by atoms with van der Waals surface area (Å²) in [5, 5.41) is 0. The fourth-order valence-corrected chi connectivity index (χ4v) is 3.95. The lowest BCUT2D eigenvalue weighted by Gasteiger charge is -2.23. The quantitative estimate of drug-likeness (QED) is 0.575. The number of carbonyl (C=O) groups excluding carboxylic acids is 1. The maximum Gasteiger partial charge on any atom is 0.298 e. The second-order valence-electron chi connectivity index (χ2n) is 5.54. The highest BCUT2D eigenvalue weighted by molar-refractivity contribution is 5.95. The van der Waals surface area contributed by atoms with Gasteiger partial charge in [-0.15, -0.1) is 0 Å². The van der Waals surface area contributed by atoms with Gasteiger partial charge in [0.15, 0.2) is 0 Å². The van der Waals surface area contributed by atoms with Crippen LogP contribution in [0.3, 0.4) is 0 Å². The van der Waals surface area contributed by atoms with E-state index in [0.29, 0.717) is 42.3 Å². The van der Waals surface area contributed by atoms with Crippen molar-refractivity contribution in [1.29, 1.82) is 0 Å². The van der Waals surface area contributed by atoms with E-state index >= 15 is 0 Å². The smallest absolute Gasteiger partial charge is 0.298 e. The van der Waals surface area contributed by atoms with Crippen molar-refractivity contribution in [2.75, 3.05) is 6.54 Å². The van der Waals surface area contributed by atoms with E-state index in [2.05, 4.69) is 16.8 Å². The molecule has 2 saturated carbocycles. The summed E-state index contributed by atoms with van der Waals surface area (Å²) < 4.78 is 11.8. The summed E-state index contributed by atoms with van der Waals surface area (Å²) in [6.45, 7) is 2.99. The minimum Gasteiger partial charge on any atom is -0.429 e. The first-order chi connectivity index (χ1) is 7.72.